The molecule has 46 heavy (non-hydrogen) atoms. The van der Waals surface area contributed by atoms with Crippen molar-refractivity contribution in [2.24, 2.45) is 0 Å². The van der Waals surface area contributed by atoms with E-state index in [1.807, 2.05) is 4.90 Å². The molecule has 0 amide bonds. The van der Waals surface area contributed by atoms with Gasteiger partial charge in [0.15, 0.2) is 10.9 Å². The predicted octanol–water partition coefficient (Wildman–Crippen LogP) is 5.56. The SMILES string of the molecule is Nc1nc2c(-c3c(OC(F)(F)F)cc4c(N5CC6CCC(C5)N6)nc(OCC56CCCN5CC(F)C6)nc4c3F)ccc(F)c2s1. The Bertz CT molecular complexity index is 1840. The predicted molar refractivity (Wildman–Crippen MR) is 160 cm³/mol. The summed E-state index contributed by atoms with van der Waals surface area (Å²) in [5.74, 6) is -2.50. The number of nitrogens with two attached hydrogens (primary N) is 1. The second-order valence-corrected chi connectivity index (χ2v) is 13.6. The summed E-state index contributed by atoms with van der Waals surface area (Å²) >= 11 is 0.789. The van der Waals surface area contributed by atoms with Gasteiger partial charge in [-0.25, -0.2) is 18.2 Å². The quantitative estimate of drug-likeness (QED) is 0.257. The first-order valence-electron chi connectivity index (χ1n) is 15.1. The van der Waals surface area contributed by atoms with E-state index in [0.29, 0.717) is 26.1 Å². The van der Waals surface area contributed by atoms with Crippen LogP contribution >= 0.6 is 11.3 Å². The Balaban J connectivity index is 1.31. The summed E-state index contributed by atoms with van der Waals surface area (Å²) < 4.78 is 98.0. The van der Waals surface area contributed by atoms with E-state index in [0.717, 1.165) is 61.8 Å². The molecule has 8 rings (SSSR count). The number of nitrogens with one attached hydrogen (secondary N) is 1. The highest BCUT2D eigenvalue weighted by atomic mass is 32.1. The minimum atomic E-state index is -5.19. The van der Waals surface area contributed by atoms with Crippen molar-refractivity contribution in [2.75, 3.05) is 43.4 Å². The van der Waals surface area contributed by atoms with Crippen molar-refractivity contribution >= 4 is 43.4 Å². The number of thiazole rings is 1. The Morgan fingerprint density at radius 1 is 1.07 bits per heavy atom. The lowest BCUT2D eigenvalue weighted by Crippen LogP contribution is -2.51. The van der Waals surface area contributed by atoms with Crippen LogP contribution in [-0.2, 0) is 0 Å². The van der Waals surface area contributed by atoms with E-state index in [9.17, 15) is 22.0 Å². The van der Waals surface area contributed by atoms with E-state index < -0.39 is 41.0 Å². The van der Waals surface area contributed by atoms with Crippen LogP contribution in [0.2, 0.25) is 0 Å². The molecule has 4 aliphatic heterocycles. The van der Waals surface area contributed by atoms with Crippen molar-refractivity contribution in [1.82, 2.24) is 25.2 Å². The number of aromatic nitrogens is 3. The van der Waals surface area contributed by atoms with Gasteiger partial charge in [0.05, 0.1) is 21.3 Å². The number of ether oxygens (including phenoxy) is 2. The van der Waals surface area contributed by atoms with Crippen LogP contribution < -0.4 is 25.4 Å². The summed E-state index contributed by atoms with van der Waals surface area (Å²) in [4.78, 5) is 17.1. The molecule has 4 unspecified atom stereocenters. The van der Waals surface area contributed by atoms with Crippen LogP contribution in [0, 0.1) is 11.6 Å². The van der Waals surface area contributed by atoms with Crippen molar-refractivity contribution < 1.29 is 35.8 Å². The summed E-state index contributed by atoms with van der Waals surface area (Å²) in [7, 11) is 0. The molecule has 0 spiro atoms. The fourth-order valence-corrected chi connectivity index (χ4v) is 8.50. The van der Waals surface area contributed by atoms with Gasteiger partial charge in [0.1, 0.15) is 35.7 Å². The molecule has 9 nitrogen and oxygen atoms in total. The van der Waals surface area contributed by atoms with E-state index in [1.54, 1.807) is 0 Å². The van der Waals surface area contributed by atoms with Crippen molar-refractivity contribution in [2.45, 2.75) is 62.3 Å². The second kappa shape index (κ2) is 10.7. The van der Waals surface area contributed by atoms with Gasteiger partial charge in [0.2, 0.25) is 0 Å². The van der Waals surface area contributed by atoms with Crippen molar-refractivity contribution in [3.8, 4) is 22.9 Å². The van der Waals surface area contributed by atoms with E-state index >= 15 is 4.39 Å². The number of benzene rings is 2. The number of piperazine rings is 1. The molecule has 0 radical (unpaired) electrons. The molecule has 16 heteroatoms. The zero-order chi connectivity index (χ0) is 32.0. The average Bonchev–Trinajstić information content (AvgIpc) is 3.74. The van der Waals surface area contributed by atoms with Crippen LogP contribution in [0.25, 0.3) is 32.2 Å². The maximum atomic E-state index is 16.9. The first-order valence-corrected chi connectivity index (χ1v) is 16.0. The molecular formula is C30H29F6N7O2S. The summed E-state index contributed by atoms with van der Waals surface area (Å²) in [5, 5.41) is 3.45. The molecule has 4 atom stereocenters. The number of alkyl halides is 4. The molecule has 244 valence electrons. The Hall–Kier alpha value is -3.63. The minimum absolute atomic E-state index is 0.00404. The molecule has 4 aromatic rings. The lowest BCUT2D eigenvalue weighted by atomic mass is 9.95. The van der Waals surface area contributed by atoms with Crippen LogP contribution in [0.5, 0.6) is 11.8 Å². The number of anilines is 2. The molecule has 3 N–H and O–H groups in total. The van der Waals surface area contributed by atoms with E-state index in [4.69, 9.17) is 10.5 Å². The largest absolute Gasteiger partial charge is 0.573 e. The van der Waals surface area contributed by atoms with Gasteiger partial charge < -0.3 is 25.4 Å². The van der Waals surface area contributed by atoms with Gasteiger partial charge in [0, 0.05) is 49.1 Å². The summed E-state index contributed by atoms with van der Waals surface area (Å²) in [6.07, 6.45) is -2.45. The second-order valence-electron chi connectivity index (χ2n) is 12.6. The van der Waals surface area contributed by atoms with Crippen molar-refractivity contribution in [1.29, 1.82) is 0 Å². The van der Waals surface area contributed by atoms with Crippen LogP contribution in [0.4, 0.5) is 37.3 Å². The fourth-order valence-electron chi connectivity index (χ4n) is 7.74. The van der Waals surface area contributed by atoms with Gasteiger partial charge >= 0.3 is 12.4 Å². The standard InChI is InChI=1S/C30H29F6N7O2S/c31-14-9-29(6-1-7-43(29)10-14)13-44-28-40-23-18(26(41-28)42-11-15-2-3-16(12-42)38-15)8-20(45-30(34,35)36)21(22(23)33)17-4-5-19(32)25-24(17)39-27(37)46-25/h4-5,8,14-16,38H,1-3,6-7,9-13H2,(H2,37,39). The first kappa shape index (κ1) is 29.8. The lowest BCUT2D eigenvalue weighted by Gasteiger charge is -2.35. The molecule has 2 aromatic heterocycles. The van der Waals surface area contributed by atoms with Crippen molar-refractivity contribution in [3.05, 3.63) is 29.8 Å². The normalized spacial score (nSPS) is 26.4. The first-order chi connectivity index (χ1) is 22.0. The highest BCUT2D eigenvalue weighted by Crippen LogP contribution is 2.46. The minimum Gasteiger partial charge on any atom is -0.461 e. The number of hydrogen-bond acceptors (Lipinski definition) is 10. The Labute approximate surface area is 262 Å². The number of hydrogen-bond donors (Lipinski definition) is 2. The molecule has 2 aromatic carbocycles. The van der Waals surface area contributed by atoms with Gasteiger partial charge in [-0.15, -0.1) is 13.2 Å². The van der Waals surface area contributed by atoms with E-state index in [-0.39, 0.29) is 62.3 Å². The summed E-state index contributed by atoms with van der Waals surface area (Å²) in [6, 6.07) is 3.29. The number of nitrogen functional groups attached to an aromatic ring is 1. The van der Waals surface area contributed by atoms with Crippen LogP contribution in [0.3, 0.4) is 0 Å². The zero-order valence-electron chi connectivity index (χ0n) is 24.3. The molecule has 0 saturated carbocycles. The molecule has 0 aliphatic carbocycles. The number of rotatable bonds is 6. The number of halogens is 6. The van der Waals surface area contributed by atoms with E-state index in [1.165, 1.54) is 0 Å². The monoisotopic (exact) mass is 665 g/mol. The Morgan fingerprint density at radius 3 is 2.61 bits per heavy atom. The molecule has 4 aliphatic rings. The highest BCUT2D eigenvalue weighted by molar-refractivity contribution is 7.22. The van der Waals surface area contributed by atoms with Gasteiger partial charge in [-0.3, -0.25) is 4.90 Å². The third kappa shape index (κ3) is 5.04. The van der Waals surface area contributed by atoms with E-state index in [2.05, 4.69) is 29.9 Å². The lowest BCUT2D eigenvalue weighted by molar-refractivity contribution is -0.274. The number of nitrogens with zero attached hydrogens (tertiary/aromatic N) is 5. The zero-order valence-corrected chi connectivity index (χ0v) is 25.2. The third-order valence-electron chi connectivity index (χ3n) is 9.61. The van der Waals surface area contributed by atoms with Crippen LogP contribution in [0.15, 0.2) is 18.2 Å². The molecular weight excluding hydrogens is 636 g/mol. The molecule has 6 heterocycles. The smallest absolute Gasteiger partial charge is 0.461 e. The summed E-state index contributed by atoms with van der Waals surface area (Å²) in [6.45, 7) is 2.09. The van der Waals surface area contributed by atoms with Crippen molar-refractivity contribution in [3.63, 3.8) is 0 Å². The maximum Gasteiger partial charge on any atom is 0.573 e. The molecule has 2 bridgehead atoms. The van der Waals surface area contributed by atoms with Crippen LogP contribution in [-0.4, -0.2) is 82.8 Å². The van der Waals surface area contributed by atoms with Crippen LogP contribution in [0.1, 0.15) is 32.1 Å². The van der Waals surface area contributed by atoms with Gasteiger partial charge in [-0.05, 0) is 50.4 Å². The number of fused-ring (bicyclic) bond motifs is 5. The van der Waals surface area contributed by atoms with Gasteiger partial charge in [0.25, 0.3) is 0 Å². The maximum absolute atomic E-state index is 16.9. The topological polar surface area (TPSA) is 102 Å². The third-order valence-corrected chi connectivity index (χ3v) is 10.5. The average molecular weight is 666 g/mol. The molecule has 4 saturated heterocycles. The Morgan fingerprint density at radius 2 is 1.85 bits per heavy atom. The fraction of sp³-hybridized carbons (Fsp3) is 0.500. The summed E-state index contributed by atoms with van der Waals surface area (Å²) in [5.41, 5.74) is 4.12. The van der Waals surface area contributed by atoms with Gasteiger partial charge in [-0.2, -0.15) is 9.97 Å². The van der Waals surface area contributed by atoms with Gasteiger partial charge in [-0.1, -0.05) is 11.3 Å². The highest BCUT2D eigenvalue weighted by Gasteiger charge is 2.49. The Kier molecular flexibility index (Phi) is 6.92. The molecule has 4 fully saturated rings.